The van der Waals surface area contributed by atoms with E-state index in [-0.39, 0.29) is 11.5 Å². The third-order valence-electron chi connectivity index (χ3n) is 5.76. The number of fused-ring (bicyclic) bond motifs is 2. The molecule has 0 saturated carbocycles. The summed E-state index contributed by atoms with van der Waals surface area (Å²) < 4.78 is 8.17. The third-order valence-corrected chi connectivity index (χ3v) is 5.76. The van der Waals surface area contributed by atoms with Crippen LogP contribution in [0, 0.1) is 0 Å². The molecule has 2 aromatic heterocycles. The molecule has 5 rings (SSSR count). The van der Waals surface area contributed by atoms with Crippen molar-refractivity contribution in [1.82, 2.24) is 24.9 Å². The van der Waals surface area contributed by atoms with E-state index in [9.17, 15) is 9.59 Å². The molecule has 29 heavy (non-hydrogen) atoms. The van der Waals surface area contributed by atoms with E-state index in [0.29, 0.717) is 38.1 Å². The molecular weight excluding hydrogens is 370 g/mol. The fraction of sp³-hybridized carbons (Fsp3) is 0.333. The summed E-state index contributed by atoms with van der Waals surface area (Å²) in [7, 11) is 0. The van der Waals surface area contributed by atoms with E-state index in [1.54, 1.807) is 4.90 Å². The number of aromatic amines is 1. The molecule has 8 heteroatoms. The summed E-state index contributed by atoms with van der Waals surface area (Å²) >= 11 is 0. The summed E-state index contributed by atoms with van der Waals surface area (Å²) in [5.41, 5.74) is 2.68. The van der Waals surface area contributed by atoms with Gasteiger partial charge in [0.05, 0.1) is 29.7 Å². The lowest BCUT2D eigenvalue weighted by Crippen LogP contribution is -2.48. The van der Waals surface area contributed by atoms with Crippen LogP contribution in [0.5, 0.6) is 0 Å². The maximum atomic E-state index is 12.7. The number of nitrogens with zero attached hydrogens (tertiary/aromatic N) is 4. The fourth-order valence-electron chi connectivity index (χ4n) is 4.24. The highest BCUT2D eigenvalue weighted by Crippen LogP contribution is 2.41. The molecule has 1 N–H and O–H groups in total. The molecule has 8 nitrogen and oxygen atoms in total. The Kier molecular flexibility index (Phi) is 4.28. The van der Waals surface area contributed by atoms with Crippen molar-refractivity contribution >= 4 is 5.91 Å². The number of amides is 1. The number of nitrogens with one attached hydrogen (secondary N) is 1. The monoisotopic (exact) mass is 391 g/mol. The standard InChI is InChI=1S/C21H21N5O3/c27-18-12-16(13-22-23-18)20(28)25-9-7-21(8-10-25)19-15(6-11-29-21)14-26(24-19)17-4-2-1-3-5-17/h1-5,12-14H,6-11H2,(H,23,27). The Morgan fingerprint density at radius 1 is 1.17 bits per heavy atom. The maximum absolute atomic E-state index is 12.7. The lowest BCUT2D eigenvalue weighted by molar-refractivity contribution is -0.0963. The summed E-state index contributed by atoms with van der Waals surface area (Å²) in [5.74, 6) is -0.177. The van der Waals surface area contributed by atoms with Crippen LogP contribution >= 0.6 is 0 Å². The Bertz CT molecular complexity index is 1100. The molecule has 1 fully saturated rings. The van der Waals surface area contributed by atoms with Crippen LogP contribution < -0.4 is 5.56 Å². The van der Waals surface area contributed by atoms with Crippen LogP contribution in [0.3, 0.4) is 0 Å². The van der Waals surface area contributed by atoms with Gasteiger partial charge in [0.25, 0.3) is 11.5 Å². The van der Waals surface area contributed by atoms with Gasteiger partial charge >= 0.3 is 0 Å². The van der Waals surface area contributed by atoms with E-state index in [4.69, 9.17) is 9.84 Å². The molecule has 0 unspecified atom stereocenters. The minimum atomic E-state index is -0.462. The largest absolute Gasteiger partial charge is 0.368 e. The number of carbonyl (C=O) groups is 1. The van der Waals surface area contributed by atoms with Crippen LogP contribution in [0.25, 0.3) is 5.69 Å². The van der Waals surface area contributed by atoms with Gasteiger partial charge in [-0.25, -0.2) is 9.78 Å². The van der Waals surface area contributed by atoms with Crippen LogP contribution in [0.4, 0.5) is 0 Å². The molecule has 0 aliphatic carbocycles. The average Bonchev–Trinajstić information content (AvgIpc) is 3.21. The van der Waals surface area contributed by atoms with Gasteiger partial charge in [0.1, 0.15) is 5.60 Å². The first-order valence-corrected chi connectivity index (χ1v) is 9.77. The molecule has 1 aromatic carbocycles. The van der Waals surface area contributed by atoms with E-state index in [1.807, 2.05) is 35.0 Å². The van der Waals surface area contributed by atoms with Crippen LogP contribution in [0.1, 0.15) is 34.5 Å². The SMILES string of the molecule is O=C(c1cn[nH]c(=O)c1)N1CCC2(CC1)OCCc1cn(-c3ccccc3)nc12. The van der Waals surface area contributed by atoms with Crippen molar-refractivity contribution in [3.63, 3.8) is 0 Å². The summed E-state index contributed by atoms with van der Waals surface area (Å²) in [6.07, 6.45) is 5.67. The van der Waals surface area contributed by atoms with Gasteiger partial charge in [-0.15, -0.1) is 0 Å². The number of piperidine rings is 1. The molecule has 0 atom stereocenters. The second-order valence-electron chi connectivity index (χ2n) is 7.50. The fourth-order valence-corrected chi connectivity index (χ4v) is 4.24. The topological polar surface area (TPSA) is 93.1 Å². The predicted octanol–water partition coefficient (Wildman–Crippen LogP) is 1.66. The Morgan fingerprint density at radius 2 is 1.97 bits per heavy atom. The molecule has 2 aliphatic heterocycles. The first kappa shape index (κ1) is 17.8. The number of ether oxygens (including phenoxy) is 1. The van der Waals surface area contributed by atoms with Crippen molar-refractivity contribution in [1.29, 1.82) is 0 Å². The van der Waals surface area contributed by atoms with E-state index in [1.165, 1.54) is 17.8 Å². The number of likely N-dealkylation sites (tertiary alicyclic amines) is 1. The van der Waals surface area contributed by atoms with E-state index in [2.05, 4.69) is 16.4 Å². The van der Waals surface area contributed by atoms with Crippen LogP contribution in [-0.4, -0.2) is 50.5 Å². The molecule has 1 spiro atoms. The number of H-pyrrole nitrogens is 1. The zero-order valence-electron chi connectivity index (χ0n) is 15.9. The molecule has 2 aliphatic rings. The number of hydrogen-bond acceptors (Lipinski definition) is 5. The van der Waals surface area contributed by atoms with Crippen molar-refractivity contribution in [2.75, 3.05) is 19.7 Å². The number of rotatable bonds is 2. The number of para-hydroxylation sites is 1. The molecule has 0 radical (unpaired) electrons. The van der Waals surface area contributed by atoms with Crippen LogP contribution in [0.15, 0.2) is 53.6 Å². The highest BCUT2D eigenvalue weighted by Gasteiger charge is 2.44. The van der Waals surface area contributed by atoms with Gasteiger partial charge in [0, 0.05) is 25.4 Å². The number of aromatic nitrogens is 4. The van der Waals surface area contributed by atoms with Gasteiger partial charge in [0.2, 0.25) is 0 Å². The lowest BCUT2D eigenvalue weighted by Gasteiger charge is -2.43. The molecule has 0 bridgehead atoms. The smallest absolute Gasteiger partial charge is 0.264 e. The Morgan fingerprint density at radius 3 is 2.72 bits per heavy atom. The minimum Gasteiger partial charge on any atom is -0.368 e. The maximum Gasteiger partial charge on any atom is 0.264 e. The van der Waals surface area contributed by atoms with Crippen LogP contribution in [0.2, 0.25) is 0 Å². The second-order valence-corrected chi connectivity index (χ2v) is 7.50. The normalized spacial score (nSPS) is 17.9. The molecule has 3 aromatic rings. The van der Waals surface area contributed by atoms with Crippen LogP contribution in [-0.2, 0) is 16.8 Å². The molecular formula is C21H21N5O3. The summed E-state index contributed by atoms with van der Waals surface area (Å²) in [6.45, 7) is 1.74. The predicted molar refractivity (Wildman–Crippen MR) is 105 cm³/mol. The van der Waals surface area contributed by atoms with Gasteiger partial charge in [-0.2, -0.15) is 10.2 Å². The zero-order valence-corrected chi connectivity index (χ0v) is 15.9. The number of carbonyl (C=O) groups excluding carboxylic acids is 1. The van der Waals surface area contributed by atoms with E-state index < -0.39 is 5.60 Å². The molecule has 1 amide bonds. The van der Waals surface area contributed by atoms with Crippen molar-refractivity contribution in [3.8, 4) is 5.69 Å². The Balaban J connectivity index is 1.38. The van der Waals surface area contributed by atoms with E-state index >= 15 is 0 Å². The van der Waals surface area contributed by atoms with Gasteiger partial charge in [-0.1, -0.05) is 18.2 Å². The first-order chi connectivity index (χ1) is 14.1. The Hall–Kier alpha value is -3.26. The van der Waals surface area contributed by atoms with Crippen molar-refractivity contribution in [2.24, 2.45) is 0 Å². The van der Waals surface area contributed by atoms with E-state index in [0.717, 1.165) is 17.8 Å². The second kappa shape index (κ2) is 6.97. The van der Waals surface area contributed by atoms with Gasteiger partial charge in [-0.3, -0.25) is 9.59 Å². The van der Waals surface area contributed by atoms with Gasteiger partial charge in [0.15, 0.2) is 0 Å². The van der Waals surface area contributed by atoms with Crippen molar-refractivity contribution < 1.29 is 9.53 Å². The summed E-state index contributed by atoms with van der Waals surface area (Å²) in [6, 6.07) is 11.3. The van der Waals surface area contributed by atoms with Crippen molar-refractivity contribution in [3.05, 3.63) is 76.0 Å². The quantitative estimate of drug-likeness (QED) is 0.717. The molecule has 4 heterocycles. The summed E-state index contributed by atoms with van der Waals surface area (Å²) in [5, 5.41) is 10.9. The highest BCUT2D eigenvalue weighted by molar-refractivity contribution is 5.93. The lowest BCUT2D eigenvalue weighted by atomic mass is 9.83. The number of benzene rings is 1. The Labute approximate surface area is 167 Å². The first-order valence-electron chi connectivity index (χ1n) is 9.77. The summed E-state index contributed by atoms with van der Waals surface area (Å²) in [4.78, 5) is 25.9. The highest BCUT2D eigenvalue weighted by atomic mass is 16.5. The van der Waals surface area contributed by atoms with Crippen molar-refractivity contribution in [2.45, 2.75) is 24.9 Å². The molecule has 148 valence electrons. The zero-order chi connectivity index (χ0) is 19.8. The third kappa shape index (κ3) is 3.15. The average molecular weight is 391 g/mol. The number of hydrogen-bond donors (Lipinski definition) is 1. The van der Waals surface area contributed by atoms with Gasteiger partial charge in [-0.05, 0) is 37.0 Å². The minimum absolute atomic E-state index is 0.177. The van der Waals surface area contributed by atoms with Gasteiger partial charge < -0.3 is 9.64 Å². The molecule has 1 saturated heterocycles.